The number of nitrogens with one attached hydrogen (secondary N) is 1. The molecule has 15 heavy (non-hydrogen) atoms. The monoisotopic (exact) mass is 211 g/mol. The summed E-state index contributed by atoms with van der Waals surface area (Å²) in [5.41, 5.74) is 0.645. The molecular formula is C10H13NO4. The van der Waals surface area contributed by atoms with Crippen LogP contribution < -0.4 is 5.32 Å². The van der Waals surface area contributed by atoms with E-state index in [-0.39, 0.29) is 17.9 Å². The van der Waals surface area contributed by atoms with E-state index in [2.05, 4.69) is 5.32 Å². The van der Waals surface area contributed by atoms with E-state index >= 15 is 0 Å². The van der Waals surface area contributed by atoms with Crippen molar-refractivity contribution in [1.29, 1.82) is 0 Å². The second-order valence-electron chi connectivity index (χ2n) is 3.21. The van der Waals surface area contributed by atoms with Crippen LogP contribution in [-0.2, 0) is 11.2 Å². The lowest BCUT2D eigenvalue weighted by molar-refractivity contribution is -0.139. The van der Waals surface area contributed by atoms with E-state index in [0.29, 0.717) is 5.56 Å². The molecule has 1 rings (SSSR count). The molecule has 0 radical (unpaired) electrons. The van der Waals surface area contributed by atoms with E-state index in [9.17, 15) is 9.90 Å². The van der Waals surface area contributed by atoms with Crippen LogP contribution in [0.2, 0.25) is 0 Å². The molecule has 1 aromatic rings. The van der Waals surface area contributed by atoms with Crippen LogP contribution in [0.4, 0.5) is 0 Å². The maximum atomic E-state index is 10.7. The predicted molar refractivity (Wildman–Crippen MR) is 54.0 cm³/mol. The van der Waals surface area contributed by atoms with Gasteiger partial charge in [0.05, 0.1) is 0 Å². The van der Waals surface area contributed by atoms with Crippen LogP contribution in [0.5, 0.6) is 11.5 Å². The van der Waals surface area contributed by atoms with Gasteiger partial charge in [0.1, 0.15) is 6.04 Å². The summed E-state index contributed by atoms with van der Waals surface area (Å²) in [5.74, 6) is -1.41. The number of hydrogen-bond donors (Lipinski definition) is 4. The highest BCUT2D eigenvalue weighted by molar-refractivity contribution is 5.73. The number of likely N-dealkylation sites (N-methyl/N-ethyl adjacent to an activating group) is 1. The lowest BCUT2D eigenvalue weighted by Gasteiger charge is -2.11. The Balaban J connectivity index is 2.80. The summed E-state index contributed by atoms with van der Waals surface area (Å²) >= 11 is 0. The summed E-state index contributed by atoms with van der Waals surface area (Å²) in [5, 5.41) is 29.7. The van der Waals surface area contributed by atoms with Crippen LogP contribution in [-0.4, -0.2) is 34.4 Å². The molecule has 0 bridgehead atoms. The third kappa shape index (κ3) is 2.85. The van der Waals surface area contributed by atoms with Gasteiger partial charge in [0, 0.05) is 0 Å². The van der Waals surface area contributed by atoms with E-state index in [4.69, 9.17) is 10.2 Å². The summed E-state index contributed by atoms with van der Waals surface area (Å²) in [4.78, 5) is 10.7. The maximum absolute atomic E-state index is 10.7. The SMILES string of the molecule is CN[C@H](Cc1ccc(O)c(O)c1)C(=O)O. The van der Waals surface area contributed by atoms with Crippen molar-refractivity contribution in [3.8, 4) is 11.5 Å². The van der Waals surface area contributed by atoms with Crippen molar-refractivity contribution in [2.45, 2.75) is 12.5 Å². The van der Waals surface area contributed by atoms with E-state index < -0.39 is 12.0 Å². The molecular weight excluding hydrogens is 198 g/mol. The van der Waals surface area contributed by atoms with Crippen molar-refractivity contribution >= 4 is 5.97 Å². The standard InChI is InChI=1S/C10H13NO4/c1-11-7(10(14)15)4-6-2-3-8(12)9(13)5-6/h2-3,5,7,11-13H,4H2,1H3,(H,14,15)/t7-/m1/s1. The van der Waals surface area contributed by atoms with E-state index in [1.165, 1.54) is 12.1 Å². The number of benzene rings is 1. The molecule has 0 amide bonds. The Hall–Kier alpha value is -1.75. The fourth-order valence-corrected chi connectivity index (χ4v) is 1.24. The van der Waals surface area contributed by atoms with Crippen LogP contribution in [0.15, 0.2) is 18.2 Å². The first-order valence-electron chi connectivity index (χ1n) is 4.45. The van der Waals surface area contributed by atoms with Crippen molar-refractivity contribution in [3.05, 3.63) is 23.8 Å². The number of carboxylic acids is 1. The molecule has 0 heterocycles. The molecule has 82 valence electrons. The highest BCUT2D eigenvalue weighted by Crippen LogP contribution is 2.25. The molecule has 0 saturated carbocycles. The molecule has 5 heteroatoms. The maximum Gasteiger partial charge on any atom is 0.321 e. The molecule has 0 aliphatic rings. The Labute approximate surface area is 87.0 Å². The van der Waals surface area contributed by atoms with Crippen molar-refractivity contribution in [1.82, 2.24) is 5.32 Å². The summed E-state index contributed by atoms with van der Waals surface area (Å²) in [6, 6.07) is 3.55. The van der Waals surface area contributed by atoms with Gasteiger partial charge in [-0.3, -0.25) is 4.79 Å². The molecule has 4 N–H and O–H groups in total. The van der Waals surface area contributed by atoms with Gasteiger partial charge in [-0.05, 0) is 31.2 Å². The summed E-state index contributed by atoms with van der Waals surface area (Å²) in [6.45, 7) is 0. The van der Waals surface area contributed by atoms with Crippen LogP contribution in [0.25, 0.3) is 0 Å². The number of hydrogen-bond acceptors (Lipinski definition) is 4. The molecule has 0 aliphatic heterocycles. The van der Waals surface area contributed by atoms with Crippen LogP contribution in [0, 0.1) is 0 Å². The lowest BCUT2D eigenvalue weighted by Crippen LogP contribution is -2.35. The van der Waals surface area contributed by atoms with Crippen molar-refractivity contribution in [2.75, 3.05) is 7.05 Å². The number of phenols is 2. The molecule has 0 spiro atoms. The lowest BCUT2D eigenvalue weighted by atomic mass is 10.1. The number of aromatic hydroxyl groups is 2. The predicted octanol–water partition coefficient (Wildman–Crippen LogP) is 0.313. The highest BCUT2D eigenvalue weighted by atomic mass is 16.4. The Bertz CT molecular complexity index is 364. The number of phenolic OH excluding ortho intramolecular Hbond substituents is 2. The smallest absolute Gasteiger partial charge is 0.321 e. The summed E-state index contributed by atoms with van der Waals surface area (Å²) in [6.07, 6.45) is 0.250. The third-order valence-electron chi connectivity index (χ3n) is 2.13. The first kappa shape index (κ1) is 11.3. The zero-order valence-corrected chi connectivity index (χ0v) is 8.27. The first-order valence-corrected chi connectivity index (χ1v) is 4.45. The van der Waals surface area contributed by atoms with Gasteiger partial charge < -0.3 is 20.6 Å². The fourth-order valence-electron chi connectivity index (χ4n) is 1.24. The van der Waals surface area contributed by atoms with Gasteiger partial charge in [0.15, 0.2) is 11.5 Å². The zero-order valence-electron chi connectivity index (χ0n) is 8.27. The Morgan fingerprint density at radius 1 is 1.40 bits per heavy atom. The van der Waals surface area contributed by atoms with E-state index in [0.717, 1.165) is 0 Å². The Morgan fingerprint density at radius 3 is 2.53 bits per heavy atom. The second kappa shape index (κ2) is 4.65. The first-order chi connectivity index (χ1) is 7.04. The van der Waals surface area contributed by atoms with E-state index in [1.54, 1.807) is 13.1 Å². The average molecular weight is 211 g/mol. The van der Waals surface area contributed by atoms with Crippen LogP contribution in [0.1, 0.15) is 5.56 Å². The number of carboxylic acid groups (broad SMARTS) is 1. The molecule has 0 fully saturated rings. The zero-order chi connectivity index (χ0) is 11.4. The van der Waals surface area contributed by atoms with Crippen molar-refractivity contribution in [3.63, 3.8) is 0 Å². The quantitative estimate of drug-likeness (QED) is 0.538. The molecule has 0 unspecified atom stereocenters. The molecule has 5 nitrogen and oxygen atoms in total. The second-order valence-corrected chi connectivity index (χ2v) is 3.21. The summed E-state index contributed by atoms with van der Waals surface area (Å²) in [7, 11) is 1.55. The Morgan fingerprint density at radius 2 is 2.07 bits per heavy atom. The average Bonchev–Trinajstić information content (AvgIpc) is 2.19. The largest absolute Gasteiger partial charge is 0.504 e. The minimum atomic E-state index is -0.954. The molecule has 0 aliphatic carbocycles. The number of aliphatic carboxylic acids is 1. The van der Waals surface area contributed by atoms with Gasteiger partial charge in [0.25, 0.3) is 0 Å². The van der Waals surface area contributed by atoms with Crippen LogP contribution >= 0.6 is 0 Å². The van der Waals surface area contributed by atoms with Gasteiger partial charge in [-0.1, -0.05) is 6.07 Å². The minimum Gasteiger partial charge on any atom is -0.504 e. The highest BCUT2D eigenvalue weighted by Gasteiger charge is 2.15. The number of carbonyl (C=O) groups is 1. The Kier molecular flexibility index (Phi) is 3.51. The molecule has 1 aromatic carbocycles. The van der Waals surface area contributed by atoms with Gasteiger partial charge in [-0.25, -0.2) is 0 Å². The fraction of sp³-hybridized carbons (Fsp3) is 0.300. The van der Waals surface area contributed by atoms with Gasteiger partial charge in [0.2, 0.25) is 0 Å². The summed E-state index contributed by atoms with van der Waals surface area (Å²) < 4.78 is 0. The van der Waals surface area contributed by atoms with Gasteiger partial charge in [-0.2, -0.15) is 0 Å². The van der Waals surface area contributed by atoms with Gasteiger partial charge >= 0.3 is 5.97 Å². The van der Waals surface area contributed by atoms with E-state index in [1.807, 2.05) is 0 Å². The normalized spacial score (nSPS) is 12.3. The third-order valence-corrected chi connectivity index (χ3v) is 2.13. The van der Waals surface area contributed by atoms with Crippen LogP contribution in [0.3, 0.4) is 0 Å². The molecule has 0 saturated heterocycles. The molecule has 0 aromatic heterocycles. The van der Waals surface area contributed by atoms with Gasteiger partial charge in [-0.15, -0.1) is 0 Å². The molecule has 1 atom stereocenters. The number of rotatable bonds is 4. The van der Waals surface area contributed by atoms with Crippen molar-refractivity contribution in [2.24, 2.45) is 0 Å². The topological polar surface area (TPSA) is 89.8 Å². The van der Waals surface area contributed by atoms with Crippen molar-refractivity contribution < 1.29 is 20.1 Å². The minimum absolute atomic E-state index is 0.213.